The summed E-state index contributed by atoms with van der Waals surface area (Å²) in [6.07, 6.45) is 16.5. The summed E-state index contributed by atoms with van der Waals surface area (Å²) in [4.78, 5) is 16.1. The topological polar surface area (TPSA) is 29.5 Å². The van der Waals surface area contributed by atoms with Gasteiger partial charge in [-0.15, -0.1) is 0 Å². The van der Waals surface area contributed by atoms with E-state index in [1.807, 2.05) is 0 Å². The molecule has 3 aromatic rings. The van der Waals surface area contributed by atoms with Crippen LogP contribution < -0.4 is 0 Å². The maximum Gasteiger partial charge on any atom is 0.410 e. The van der Waals surface area contributed by atoms with Crippen molar-refractivity contribution in [2.75, 3.05) is 0 Å². The van der Waals surface area contributed by atoms with Crippen molar-refractivity contribution in [1.82, 2.24) is 4.90 Å². The van der Waals surface area contributed by atoms with Gasteiger partial charge in [-0.25, -0.2) is 4.79 Å². The number of carbonyl (C=O) groups excluding carboxylic acids is 1. The van der Waals surface area contributed by atoms with Gasteiger partial charge in [0.1, 0.15) is 6.61 Å². The second kappa shape index (κ2) is 17.2. The Bertz CT molecular complexity index is 1050. The molecular formula is C36H53NO2. The number of fused-ring (bicyclic) bond motifs is 2. The molecule has 0 radical (unpaired) electrons. The third-order valence-corrected chi connectivity index (χ3v) is 8.44. The van der Waals surface area contributed by atoms with Crippen LogP contribution >= 0.6 is 0 Å². The van der Waals surface area contributed by atoms with Gasteiger partial charge in [-0.1, -0.05) is 140 Å². The molecule has 0 N–H and O–H groups in total. The summed E-state index contributed by atoms with van der Waals surface area (Å²) in [6, 6.07) is 19.6. The van der Waals surface area contributed by atoms with Crippen LogP contribution in [0.1, 0.15) is 123 Å². The number of unbranched alkanes of at least 4 members (excludes halogenated alkanes) is 8. The molecule has 0 aliphatic carbocycles. The number of nitrogens with zero attached hydrogens (tertiary/aromatic N) is 1. The lowest BCUT2D eigenvalue weighted by atomic mass is 9.97. The molecule has 0 saturated carbocycles. The van der Waals surface area contributed by atoms with Crippen molar-refractivity contribution in [3.05, 3.63) is 60.2 Å². The van der Waals surface area contributed by atoms with Gasteiger partial charge >= 0.3 is 6.09 Å². The monoisotopic (exact) mass is 531 g/mol. The number of amides is 1. The fourth-order valence-electron chi connectivity index (χ4n) is 6.12. The number of hydrogen-bond acceptors (Lipinski definition) is 2. The van der Waals surface area contributed by atoms with Crippen LogP contribution in [-0.4, -0.2) is 23.1 Å². The van der Waals surface area contributed by atoms with Crippen LogP contribution in [0.2, 0.25) is 0 Å². The third-order valence-electron chi connectivity index (χ3n) is 8.44. The molecule has 0 fully saturated rings. The number of rotatable bonds is 18. The standard InChI is InChI=1S/C36H53NO2/c1-5-9-11-13-15-23-31(7-3)37(32(8-4)24-16-14-12-10-6-2)36(38)39-28-35-33-25-19-17-21-29(33)27-30-22-18-20-26-34(30)35/h17-22,25-27,31-32H,5-16,23-24,28H2,1-4H3. The zero-order chi connectivity index (χ0) is 27.9. The normalized spacial score (nSPS) is 13.0. The molecule has 2 unspecified atom stereocenters. The van der Waals surface area contributed by atoms with Crippen molar-refractivity contribution in [3.63, 3.8) is 0 Å². The van der Waals surface area contributed by atoms with E-state index in [4.69, 9.17) is 4.74 Å². The Morgan fingerprint density at radius 2 is 1.13 bits per heavy atom. The van der Waals surface area contributed by atoms with Gasteiger partial charge in [-0.3, -0.25) is 0 Å². The van der Waals surface area contributed by atoms with Crippen LogP contribution in [0.4, 0.5) is 4.79 Å². The fraction of sp³-hybridized carbons (Fsp3) is 0.583. The summed E-state index contributed by atoms with van der Waals surface area (Å²) in [7, 11) is 0. The fourth-order valence-corrected chi connectivity index (χ4v) is 6.12. The van der Waals surface area contributed by atoms with Gasteiger partial charge in [-0.05, 0) is 53.3 Å². The summed E-state index contributed by atoms with van der Waals surface area (Å²) in [5.74, 6) is 0. The number of hydrogen-bond donors (Lipinski definition) is 0. The molecule has 0 aromatic heterocycles. The summed E-state index contributed by atoms with van der Waals surface area (Å²) in [5.41, 5.74) is 1.11. The summed E-state index contributed by atoms with van der Waals surface area (Å²) in [6.45, 7) is 9.31. The van der Waals surface area contributed by atoms with Crippen molar-refractivity contribution in [3.8, 4) is 0 Å². The van der Waals surface area contributed by atoms with E-state index in [1.165, 1.54) is 85.8 Å². The Morgan fingerprint density at radius 1 is 0.667 bits per heavy atom. The van der Waals surface area contributed by atoms with Gasteiger partial charge in [0.15, 0.2) is 0 Å². The summed E-state index contributed by atoms with van der Waals surface area (Å²) < 4.78 is 6.25. The van der Waals surface area contributed by atoms with E-state index in [2.05, 4.69) is 87.2 Å². The van der Waals surface area contributed by atoms with Crippen LogP contribution in [0.5, 0.6) is 0 Å². The minimum Gasteiger partial charge on any atom is -0.444 e. The highest BCUT2D eigenvalue weighted by Gasteiger charge is 2.30. The van der Waals surface area contributed by atoms with E-state index in [0.717, 1.165) is 31.2 Å². The Hall–Kier alpha value is -2.55. The highest BCUT2D eigenvalue weighted by Crippen LogP contribution is 2.30. The quantitative estimate of drug-likeness (QED) is 0.121. The predicted molar refractivity (Wildman–Crippen MR) is 168 cm³/mol. The summed E-state index contributed by atoms with van der Waals surface area (Å²) >= 11 is 0. The molecule has 3 heteroatoms. The molecule has 3 rings (SSSR count). The van der Waals surface area contributed by atoms with E-state index in [1.54, 1.807) is 0 Å². The first-order valence-electron chi connectivity index (χ1n) is 16.0. The Balaban J connectivity index is 1.81. The van der Waals surface area contributed by atoms with Crippen LogP contribution in [0.3, 0.4) is 0 Å². The number of benzene rings is 3. The molecule has 0 bridgehead atoms. The zero-order valence-corrected chi connectivity index (χ0v) is 25.2. The lowest BCUT2D eigenvalue weighted by Gasteiger charge is -2.37. The minimum atomic E-state index is -0.132. The van der Waals surface area contributed by atoms with E-state index >= 15 is 0 Å². The first-order chi connectivity index (χ1) is 19.1. The molecule has 3 nitrogen and oxygen atoms in total. The van der Waals surface area contributed by atoms with Gasteiger partial charge in [0.2, 0.25) is 0 Å². The molecule has 1 amide bonds. The van der Waals surface area contributed by atoms with Crippen LogP contribution in [0.25, 0.3) is 21.5 Å². The van der Waals surface area contributed by atoms with Gasteiger partial charge in [0.05, 0.1) is 0 Å². The molecule has 0 saturated heterocycles. The average Bonchev–Trinajstić information content (AvgIpc) is 2.97. The first-order valence-corrected chi connectivity index (χ1v) is 16.0. The molecule has 2 atom stereocenters. The highest BCUT2D eigenvalue weighted by atomic mass is 16.6. The Morgan fingerprint density at radius 3 is 1.59 bits per heavy atom. The van der Waals surface area contributed by atoms with Gasteiger partial charge in [0.25, 0.3) is 0 Å². The van der Waals surface area contributed by atoms with Crippen molar-refractivity contribution >= 4 is 27.6 Å². The maximum absolute atomic E-state index is 14.0. The molecule has 0 heterocycles. The van der Waals surface area contributed by atoms with Crippen molar-refractivity contribution in [2.24, 2.45) is 0 Å². The minimum absolute atomic E-state index is 0.132. The second-order valence-corrected chi connectivity index (χ2v) is 11.3. The van der Waals surface area contributed by atoms with Crippen LogP contribution in [0.15, 0.2) is 54.6 Å². The largest absolute Gasteiger partial charge is 0.444 e. The van der Waals surface area contributed by atoms with Crippen molar-refractivity contribution in [1.29, 1.82) is 0 Å². The maximum atomic E-state index is 14.0. The third kappa shape index (κ3) is 8.98. The Kier molecular flexibility index (Phi) is 13.7. The molecular weight excluding hydrogens is 478 g/mol. The number of carbonyl (C=O) groups is 1. The zero-order valence-electron chi connectivity index (χ0n) is 25.2. The van der Waals surface area contributed by atoms with E-state index in [-0.39, 0.29) is 18.2 Å². The SMILES string of the molecule is CCCCCCCC(CC)N(C(=O)OCc1c2ccccc2cc2ccccc12)C(CC)CCCCCCC. The number of ether oxygens (including phenoxy) is 1. The van der Waals surface area contributed by atoms with E-state index in [0.29, 0.717) is 6.61 Å². The van der Waals surface area contributed by atoms with Gasteiger partial charge in [-0.2, -0.15) is 0 Å². The van der Waals surface area contributed by atoms with Gasteiger partial charge < -0.3 is 9.64 Å². The summed E-state index contributed by atoms with van der Waals surface area (Å²) in [5, 5.41) is 4.72. The van der Waals surface area contributed by atoms with Crippen LogP contribution in [-0.2, 0) is 11.3 Å². The first kappa shape index (κ1) is 31.0. The molecule has 0 spiro atoms. The molecule has 214 valence electrons. The molecule has 0 aliphatic heterocycles. The molecule has 3 aromatic carbocycles. The second-order valence-electron chi connectivity index (χ2n) is 11.3. The Labute approximate surface area is 238 Å². The van der Waals surface area contributed by atoms with Crippen molar-refractivity contribution in [2.45, 2.75) is 136 Å². The van der Waals surface area contributed by atoms with E-state index in [9.17, 15) is 4.79 Å². The molecule has 0 aliphatic rings. The van der Waals surface area contributed by atoms with Crippen molar-refractivity contribution < 1.29 is 9.53 Å². The van der Waals surface area contributed by atoms with Crippen LogP contribution in [0, 0.1) is 0 Å². The smallest absolute Gasteiger partial charge is 0.410 e. The van der Waals surface area contributed by atoms with E-state index < -0.39 is 0 Å². The lowest BCUT2D eigenvalue weighted by Crippen LogP contribution is -2.47. The predicted octanol–water partition coefficient (Wildman–Crippen LogP) is 11.2. The lowest BCUT2D eigenvalue weighted by molar-refractivity contribution is 0.0530. The molecule has 39 heavy (non-hydrogen) atoms. The highest BCUT2D eigenvalue weighted by molar-refractivity contribution is 6.02. The average molecular weight is 532 g/mol. The van der Waals surface area contributed by atoms with Gasteiger partial charge in [0, 0.05) is 17.6 Å².